The molecule has 1 aromatic heterocycles. The molecule has 0 fully saturated rings. The molecule has 164 valence electrons. The Hall–Kier alpha value is -2.17. The van der Waals surface area contributed by atoms with Gasteiger partial charge in [0.05, 0.1) is 6.04 Å². The third-order valence-electron chi connectivity index (χ3n) is 4.81. The summed E-state index contributed by atoms with van der Waals surface area (Å²) in [5, 5.41) is 6.43. The molecule has 1 heterocycles. The van der Waals surface area contributed by atoms with Gasteiger partial charge in [0.15, 0.2) is 5.78 Å². The third kappa shape index (κ3) is 6.96. The monoisotopic (exact) mass is 451 g/mol. The van der Waals surface area contributed by atoms with Crippen LogP contribution in [0.2, 0.25) is 0 Å². The number of aromatic nitrogens is 1. The van der Waals surface area contributed by atoms with Crippen LogP contribution in [0.3, 0.4) is 0 Å². The molecule has 30 heavy (non-hydrogen) atoms. The van der Waals surface area contributed by atoms with E-state index in [1.165, 1.54) is 0 Å². The number of H-pyrrole nitrogens is 1. The number of fused-ring (bicyclic) bond motifs is 1. The number of hydrogen-bond donors (Lipinski definition) is 6. The summed E-state index contributed by atoms with van der Waals surface area (Å²) in [5.41, 5.74) is 7.07. The Bertz CT molecular complexity index is 871. The molecule has 3 amide bonds. The second kappa shape index (κ2) is 11.9. The predicted octanol–water partition coefficient (Wildman–Crippen LogP) is 2.32. The number of carbonyl (C=O) groups excluding carboxylic acids is 3. The smallest absolute Gasteiger partial charge is 0.312 e. The zero-order valence-corrected chi connectivity index (χ0v) is 18.8. The molecule has 0 aliphatic heterocycles. The number of nitrogens with two attached hydrogens (primary N) is 1. The molecule has 0 aliphatic rings. The first kappa shape index (κ1) is 24.1. The maximum Gasteiger partial charge on any atom is 0.312 e. The van der Waals surface area contributed by atoms with Crippen molar-refractivity contribution in [1.29, 1.82) is 0 Å². The molecule has 0 unspecified atom stereocenters. The summed E-state index contributed by atoms with van der Waals surface area (Å²) in [5.74, 6) is -0.547. The van der Waals surface area contributed by atoms with E-state index in [4.69, 9.17) is 5.73 Å². The number of primary amides is 1. The van der Waals surface area contributed by atoms with Gasteiger partial charge in [-0.05, 0) is 41.9 Å². The lowest BCUT2D eigenvalue weighted by Gasteiger charge is -2.23. The van der Waals surface area contributed by atoms with Gasteiger partial charge in [0, 0.05) is 29.6 Å². The number of hydrogen-bond acceptors (Lipinski definition) is 6. The highest BCUT2D eigenvalue weighted by molar-refractivity contribution is 8.67. The second-order valence-electron chi connectivity index (χ2n) is 7.38. The van der Waals surface area contributed by atoms with Crippen molar-refractivity contribution in [1.82, 2.24) is 20.3 Å². The van der Waals surface area contributed by atoms with Crippen LogP contribution >= 0.6 is 22.6 Å². The Morgan fingerprint density at radius 1 is 1.20 bits per heavy atom. The fraction of sp³-hybridized carbons (Fsp3) is 0.450. The summed E-state index contributed by atoms with van der Waals surface area (Å²) < 4.78 is 3.01. The van der Waals surface area contributed by atoms with E-state index in [1.807, 2.05) is 30.5 Å². The Labute approximate surface area is 185 Å². The molecule has 2 rings (SSSR count). The van der Waals surface area contributed by atoms with E-state index in [2.05, 4.69) is 32.0 Å². The highest BCUT2D eigenvalue weighted by atomic mass is 33.1. The first-order chi connectivity index (χ1) is 14.3. The molecule has 2 atom stereocenters. The number of aromatic amines is 1. The lowest BCUT2D eigenvalue weighted by Crippen LogP contribution is -2.50. The van der Waals surface area contributed by atoms with Gasteiger partial charge in [0.25, 0.3) is 0 Å². The van der Waals surface area contributed by atoms with Crippen LogP contribution in [-0.4, -0.2) is 41.3 Å². The predicted molar refractivity (Wildman–Crippen MR) is 124 cm³/mol. The minimum atomic E-state index is -0.635. The number of benzene rings is 1. The van der Waals surface area contributed by atoms with Crippen LogP contribution in [-0.2, 0) is 16.0 Å². The number of Topliss-reactive ketones (excluding diaryl/α,β-unsaturated/α-hetero) is 1. The number of ketones is 1. The van der Waals surface area contributed by atoms with Gasteiger partial charge < -0.3 is 21.4 Å². The van der Waals surface area contributed by atoms with Crippen LogP contribution in [0, 0.1) is 5.92 Å². The highest BCUT2D eigenvalue weighted by Crippen LogP contribution is 2.20. The van der Waals surface area contributed by atoms with E-state index in [-0.39, 0.29) is 17.6 Å². The average Bonchev–Trinajstić information content (AvgIpc) is 3.12. The van der Waals surface area contributed by atoms with Crippen molar-refractivity contribution < 1.29 is 14.4 Å². The molecule has 2 aromatic rings. The number of nitrogens with one attached hydrogen (secondary N) is 4. The summed E-state index contributed by atoms with van der Waals surface area (Å²) in [6.07, 6.45) is 3.27. The molecule has 8 nitrogen and oxygen atoms in total. The highest BCUT2D eigenvalue weighted by Gasteiger charge is 2.27. The third-order valence-corrected chi connectivity index (χ3v) is 5.51. The van der Waals surface area contributed by atoms with E-state index in [9.17, 15) is 14.4 Å². The van der Waals surface area contributed by atoms with Crippen LogP contribution in [0.1, 0.15) is 32.3 Å². The van der Waals surface area contributed by atoms with Crippen molar-refractivity contribution in [3.8, 4) is 0 Å². The molecular formula is C20H29N5O3S2. The minimum absolute atomic E-state index is 0.0493. The first-order valence-electron chi connectivity index (χ1n) is 9.81. The average molecular weight is 452 g/mol. The quantitative estimate of drug-likeness (QED) is 0.128. The van der Waals surface area contributed by atoms with Gasteiger partial charge in [0.1, 0.15) is 6.04 Å². The van der Waals surface area contributed by atoms with Crippen LogP contribution in [0.25, 0.3) is 10.9 Å². The summed E-state index contributed by atoms with van der Waals surface area (Å²) in [6.45, 7) is 3.94. The Kier molecular flexibility index (Phi) is 9.54. The normalized spacial score (nSPS) is 13.2. The van der Waals surface area contributed by atoms with Gasteiger partial charge in [0.2, 0.25) is 5.91 Å². The van der Waals surface area contributed by atoms with Gasteiger partial charge in [-0.3, -0.25) is 9.59 Å². The van der Waals surface area contributed by atoms with Crippen molar-refractivity contribution in [2.75, 3.05) is 6.54 Å². The number of para-hydroxylation sites is 1. The van der Waals surface area contributed by atoms with Crippen molar-refractivity contribution in [3.63, 3.8) is 0 Å². The van der Waals surface area contributed by atoms with E-state index in [0.717, 1.165) is 27.4 Å². The van der Waals surface area contributed by atoms with Gasteiger partial charge in [-0.2, -0.15) is 0 Å². The van der Waals surface area contributed by atoms with E-state index >= 15 is 0 Å². The molecule has 1 aromatic carbocycles. The fourth-order valence-corrected chi connectivity index (χ4v) is 3.95. The summed E-state index contributed by atoms with van der Waals surface area (Å²) >= 11 is 4.13. The van der Waals surface area contributed by atoms with Crippen molar-refractivity contribution in [3.05, 3.63) is 36.0 Å². The minimum Gasteiger partial charge on any atom is -0.361 e. The SMILES string of the molecule is CC(C)C(=O)[C@H](CCCNC(N)=O)NC(=O)[C@H](Cc1c[nH]c2ccccc12)NSS. The number of urea groups is 1. The Balaban J connectivity index is 2.08. The molecular weight excluding hydrogens is 422 g/mol. The number of rotatable bonds is 12. The van der Waals surface area contributed by atoms with Gasteiger partial charge in [-0.1, -0.05) is 43.7 Å². The summed E-state index contributed by atoms with van der Waals surface area (Å²) in [7, 11) is 1.06. The van der Waals surface area contributed by atoms with Gasteiger partial charge in [-0.15, -0.1) is 0 Å². The Morgan fingerprint density at radius 3 is 2.60 bits per heavy atom. The van der Waals surface area contributed by atoms with Crippen LogP contribution in [0.4, 0.5) is 4.79 Å². The van der Waals surface area contributed by atoms with E-state index in [0.29, 0.717) is 25.8 Å². The maximum atomic E-state index is 13.0. The molecule has 6 N–H and O–H groups in total. The molecule has 0 bridgehead atoms. The van der Waals surface area contributed by atoms with Crippen LogP contribution in [0.15, 0.2) is 30.5 Å². The number of thiol groups is 1. The van der Waals surface area contributed by atoms with Crippen molar-refractivity contribution in [2.45, 2.75) is 45.2 Å². The summed E-state index contributed by atoms with van der Waals surface area (Å²) in [4.78, 5) is 39.6. The number of amides is 3. The van der Waals surface area contributed by atoms with Gasteiger partial charge >= 0.3 is 6.03 Å². The van der Waals surface area contributed by atoms with Crippen LogP contribution < -0.4 is 21.1 Å². The lowest BCUT2D eigenvalue weighted by molar-refractivity contribution is -0.130. The fourth-order valence-electron chi connectivity index (χ4n) is 3.25. The molecule has 0 aliphatic carbocycles. The van der Waals surface area contributed by atoms with Crippen molar-refractivity contribution >= 4 is 51.3 Å². The molecule has 10 heteroatoms. The largest absolute Gasteiger partial charge is 0.361 e. The van der Waals surface area contributed by atoms with Crippen molar-refractivity contribution in [2.24, 2.45) is 11.7 Å². The van der Waals surface area contributed by atoms with Gasteiger partial charge in [-0.25, -0.2) is 9.52 Å². The standard InChI is InChI=1S/C20H29N5O3S2/c1-12(2)18(26)16(8-5-9-22-20(21)28)24-19(27)17(25-30-29)10-13-11-23-15-7-4-3-6-14(13)15/h3-4,6-7,11-12,16-17,23,25,29H,5,8-10H2,1-2H3,(H,24,27)(H3,21,22,28)/t16-,17-/m0/s1. The molecule has 0 spiro atoms. The zero-order valence-electron chi connectivity index (χ0n) is 17.1. The number of carbonyl (C=O) groups is 3. The van der Waals surface area contributed by atoms with Crippen LogP contribution in [0.5, 0.6) is 0 Å². The molecule has 0 radical (unpaired) electrons. The molecule has 0 saturated carbocycles. The van der Waals surface area contributed by atoms with E-state index in [1.54, 1.807) is 13.8 Å². The topological polar surface area (TPSA) is 129 Å². The Morgan fingerprint density at radius 2 is 1.93 bits per heavy atom. The summed E-state index contributed by atoms with van der Waals surface area (Å²) in [6, 6.07) is 6.06. The second-order valence-corrected chi connectivity index (χ2v) is 8.34. The molecule has 0 saturated heterocycles. The van der Waals surface area contributed by atoms with E-state index < -0.39 is 18.1 Å². The maximum absolute atomic E-state index is 13.0. The first-order valence-corrected chi connectivity index (χ1v) is 11.7. The zero-order chi connectivity index (χ0) is 22.1. The lowest BCUT2D eigenvalue weighted by atomic mass is 9.97.